The minimum absolute atomic E-state index is 0. The van der Waals surface area contributed by atoms with E-state index >= 15 is 0 Å². The van der Waals surface area contributed by atoms with E-state index in [9.17, 15) is 4.79 Å². The predicted molar refractivity (Wildman–Crippen MR) is 85.8 cm³/mol. The topological polar surface area (TPSA) is 55.1 Å². The molecule has 6 heteroatoms. The number of amides is 1. The van der Waals surface area contributed by atoms with Gasteiger partial charge in [0, 0.05) is 28.0 Å². The Morgan fingerprint density at radius 3 is 2.65 bits per heavy atom. The van der Waals surface area contributed by atoms with Crippen LogP contribution in [0.4, 0.5) is 0 Å². The number of hydrogen-bond acceptors (Lipinski definition) is 2. The number of nitrogens with one attached hydrogen (secondary N) is 1. The van der Waals surface area contributed by atoms with Gasteiger partial charge < -0.3 is 11.1 Å². The quantitative estimate of drug-likeness (QED) is 0.885. The Balaban J connectivity index is 0.00000200. The van der Waals surface area contributed by atoms with E-state index in [0.717, 1.165) is 12.0 Å². The third-order valence-corrected chi connectivity index (χ3v) is 3.77. The van der Waals surface area contributed by atoms with Gasteiger partial charge in [-0.3, -0.25) is 4.79 Å². The molecule has 1 aliphatic rings. The van der Waals surface area contributed by atoms with Gasteiger partial charge in [-0.15, -0.1) is 12.4 Å². The maximum absolute atomic E-state index is 12.0. The van der Waals surface area contributed by atoms with Crippen molar-refractivity contribution in [3.63, 3.8) is 0 Å². The van der Waals surface area contributed by atoms with Gasteiger partial charge in [0.15, 0.2) is 0 Å². The van der Waals surface area contributed by atoms with E-state index in [1.807, 2.05) is 19.9 Å². The highest BCUT2D eigenvalue weighted by Gasteiger charge is 2.44. The lowest BCUT2D eigenvalue weighted by Gasteiger charge is -2.18. The van der Waals surface area contributed by atoms with Gasteiger partial charge in [-0.1, -0.05) is 29.3 Å². The minimum atomic E-state index is -0.391. The first-order valence-corrected chi connectivity index (χ1v) is 7.05. The molecular weight excluding hydrogens is 319 g/mol. The van der Waals surface area contributed by atoms with Crippen LogP contribution >= 0.6 is 35.6 Å². The second-order valence-corrected chi connectivity index (χ2v) is 6.66. The molecule has 0 aromatic heterocycles. The fourth-order valence-electron chi connectivity index (χ4n) is 2.08. The van der Waals surface area contributed by atoms with Crippen LogP contribution in [0.5, 0.6) is 0 Å². The van der Waals surface area contributed by atoms with Crippen LogP contribution in [0.2, 0.25) is 10.0 Å². The molecule has 1 amide bonds. The number of benzene rings is 1. The Kier molecular flexibility index (Phi) is 5.73. The van der Waals surface area contributed by atoms with Crippen LogP contribution in [0, 0.1) is 5.92 Å². The summed E-state index contributed by atoms with van der Waals surface area (Å²) in [6.07, 6.45) is 0.832. The van der Waals surface area contributed by atoms with Crippen molar-refractivity contribution in [3.05, 3.63) is 33.8 Å². The number of rotatable bonds is 4. The van der Waals surface area contributed by atoms with E-state index in [-0.39, 0.29) is 30.2 Å². The van der Waals surface area contributed by atoms with Crippen molar-refractivity contribution in [2.75, 3.05) is 6.54 Å². The summed E-state index contributed by atoms with van der Waals surface area (Å²) in [6, 6.07) is 5.42. The van der Waals surface area contributed by atoms with Crippen molar-refractivity contribution in [2.24, 2.45) is 11.7 Å². The molecular formula is C14H19Cl3N2O. The van der Waals surface area contributed by atoms with Crippen LogP contribution in [0.1, 0.15) is 31.7 Å². The van der Waals surface area contributed by atoms with E-state index < -0.39 is 5.54 Å². The molecule has 0 bridgehead atoms. The zero-order chi connectivity index (χ0) is 14.2. The summed E-state index contributed by atoms with van der Waals surface area (Å²) in [5.41, 5.74) is 6.45. The first-order chi connectivity index (χ1) is 8.78. The Labute approximate surface area is 135 Å². The summed E-state index contributed by atoms with van der Waals surface area (Å²) < 4.78 is 0. The number of nitrogens with two attached hydrogens (primary N) is 1. The number of hydrogen-bond donors (Lipinski definition) is 2. The molecule has 2 atom stereocenters. The zero-order valence-electron chi connectivity index (χ0n) is 11.5. The van der Waals surface area contributed by atoms with Crippen molar-refractivity contribution in [3.8, 4) is 0 Å². The molecule has 0 spiro atoms. The van der Waals surface area contributed by atoms with Crippen molar-refractivity contribution < 1.29 is 4.79 Å². The molecule has 2 unspecified atom stereocenters. The summed E-state index contributed by atoms with van der Waals surface area (Å²) in [5, 5.41) is 4.12. The van der Waals surface area contributed by atoms with Crippen molar-refractivity contribution in [1.29, 1.82) is 0 Å². The lowest BCUT2D eigenvalue weighted by molar-refractivity contribution is -0.122. The van der Waals surface area contributed by atoms with Crippen LogP contribution in [0.25, 0.3) is 0 Å². The fourth-order valence-corrected chi connectivity index (χ4v) is 2.63. The maximum atomic E-state index is 12.0. The molecule has 1 fully saturated rings. The highest BCUT2D eigenvalue weighted by atomic mass is 35.5. The predicted octanol–water partition coefficient (Wildman–Crippen LogP) is 3.37. The van der Waals surface area contributed by atoms with Crippen LogP contribution in [-0.2, 0) is 4.79 Å². The summed E-state index contributed by atoms with van der Waals surface area (Å²) in [6.45, 7) is 4.24. The molecule has 20 heavy (non-hydrogen) atoms. The smallest absolute Gasteiger partial charge is 0.223 e. The maximum Gasteiger partial charge on any atom is 0.223 e. The molecule has 0 saturated heterocycles. The van der Waals surface area contributed by atoms with Crippen molar-refractivity contribution in [1.82, 2.24) is 5.32 Å². The Morgan fingerprint density at radius 1 is 1.45 bits per heavy atom. The van der Waals surface area contributed by atoms with Gasteiger partial charge in [0.05, 0.1) is 0 Å². The largest absolute Gasteiger partial charge is 0.354 e. The lowest BCUT2D eigenvalue weighted by Crippen LogP contribution is -2.45. The van der Waals surface area contributed by atoms with Gasteiger partial charge in [-0.05, 0) is 43.9 Å². The highest BCUT2D eigenvalue weighted by Crippen LogP contribution is 2.50. The van der Waals surface area contributed by atoms with E-state index in [1.165, 1.54) is 0 Å². The van der Waals surface area contributed by atoms with Crippen LogP contribution < -0.4 is 11.1 Å². The second kappa shape index (κ2) is 6.52. The van der Waals surface area contributed by atoms with E-state index in [2.05, 4.69) is 5.32 Å². The van der Waals surface area contributed by atoms with E-state index in [4.69, 9.17) is 28.9 Å². The van der Waals surface area contributed by atoms with Crippen LogP contribution in [0.3, 0.4) is 0 Å². The van der Waals surface area contributed by atoms with Crippen molar-refractivity contribution >= 4 is 41.5 Å². The second-order valence-electron chi connectivity index (χ2n) is 5.82. The molecule has 3 nitrogen and oxygen atoms in total. The third kappa shape index (κ3) is 4.52. The van der Waals surface area contributed by atoms with Gasteiger partial charge >= 0.3 is 0 Å². The molecule has 2 rings (SSSR count). The number of carbonyl (C=O) groups is 1. The zero-order valence-corrected chi connectivity index (χ0v) is 13.8. The van der Waals surface area contributed by atoms with Gasteiger partial charge in [0.25, 0.3) is 0 Å². The van der Waals surface area contributed by atoms with Gasteiger partial charge in [-0.25, -0.2) is 0 Å². The van der Waals surface area contributed by atoms with Gasteiger partial charge in [-0.2, -0.15) is 0 Å². The summed E-state index contributed by atoms with van der Waals surface area (Å²) in [5.74, 6) is 0.251. The molecule has 1 aromatic carbocycles. The van der Waals surface area contributed by atoms with E-state index in [0.29, 0.717) is 16.6 Å². The molecule has 1 aromatic rings. The number of halogens is 3. The molecule has 1 saturated carbocycles. The standard InChI is InChI=1S/C14H18Cl2N2O.ClH/c1-14(2,17)7-18-13(19)11-6-10(11)9-4-3-8(15)5-12(9)16;/h3-5,10-11H,6-7,17H2,1-2H3,(H,18,19);1H. The highest BCUT2D eigenvalue weighted by molar-refractivity contribution is 6.35. The Bertz CT molecular complexity index is 500. The summed E-state index contributed by atoms with van der Waals surface area (Å²) in [7, 11) is 0. The monoisotopic (exact) mass is 336 g/mol. The molecule has 1 aliphatic carbocycles. The molecule has 0 radical (unpaired) electrons. The first-order valence-electron chi connectivity index (χ1n) is 6.29. The molecule has 0 aliphatic heterocycles. The van der Waals surface area contributed by atoms with Crippen LogP contribution in [-0.4, -0.2) is 18.0 Å². The van der Waals surface area contributed by atoms with Crippen LogP contribution in [0.15, 0.2) is 18.2 Å². The average molecular weight is 338 g/mol. The Hall–Kier alpha value is -0.480. The van der Waals surface area contributed by atoms with Gasteiger partial charge in [0.2, 0.25) is 5.91 Å². The van der Waals surface area contributed by atoms with Gasteiger partial charge in [0.1, 0.15) is 0 Å². The van der Waals surface area contributed by atoms with E-state index in [1.54, 1.807) is 12.1 Å². The third-order valence-electron chi connectivity index (χ3n) is 3.21. The normalized spacial score (nSPS) is 21.1. The first kappa shape index (κ1) is 17.6. The lowest BCUT2D eigenvalue weighted by atomic mass is 10.1. The Morgan fingerprint density at radius 2 is 2.10 bits per heavy atom. The fraction of sp³-hybridized carbons (Fsp3) is 0.500. The summed E-state index contributed by atoms with van der Waals surface area (Å²) in [4.78, 5) is 12.0. The molecule has 0 heterocycles. The minimum Gasteiger partial charge on any atom is -0.354 e. The molecule has 3 N–H and O–H groups in total. The van der Waals surface area contributed by atoms with Crippen molar-refractivity contribution in [2.45, 2.75) is 31.7 Å². The molecule has 112 valence electrons. The number of carbonyl (C=O) groups excluding carboxylic acids is 1. The average Bonchev–Trinajstić information content (AvgIpc) is 3.05. The summed E-state index contributed by atoms with van der Waals surface area (Å²) >= 11 is 12.0. The SMILES string of the molecule is CC(C)(N)CNC(=O)C1CC1c1ccc(Cl)cc1Cl.Cl.